The van der Waals surface area contributed by atoms with Gasteiger partial charge in [-0.1, -0.05) is 19.9 Å². The number of hydrogen-bond donors (Lipinski definition) is 1. The summed E-state index contributed by atoms with van der Waals surface area (Å²) in [6, 6.07) is 5.19. The molecule has 0 amide bonds. The van der Waals surface area contributed by atoms with E-state index in [1.165, 1.54) is 37.1 Å². The Labute approximate surface area is 103 Å². The molecule has 1 nitrogen and oxygen atoms in total. The molecule has 0 spiro atoms. The number of nitrogens with one attached hydrogen (secondary N) is 1. The molecule has 1 N–H and O–H groups in total. The summed E-state index contributed by atoms with van der Waals surface area (Å²) in [5, 5.41) is 5.90. The Balaban J connectivity index is 1.66. The standard InChI is InChI=1S/C14H23NS/c1-11-5-6-13(8-11)15-10-12(2)9-14-4-3-7-16-14/h3-4,7,11-13,15H,5-6,8-10H2,1-2H3. The zero-order valence-corrected chi connectivity index (χ0v) is 11.2. The highest BCUT2D eigenvalue weighted by molar-refractivity contribution is 7.09. The molecule has 0 radical (unpaired) electrons. The predicted octanol–water partition coefficient (Wildman–Crippen LogP) is 3.70. The Bertz CT molecular complexity index is 294. The van der Waals surface area contributed by atoms with Crippen molar-refractivity contribution in [2.45, 2.75) is 45.6 Å². The predicted molar refractivity (Wildman–Crippen MR) is 72.0 cm³/mol. The van der Waals surface area contributed by atoms with E-state index in [1.807, 2.05) is 11.3 Å². The van der Waals surface area contributed by atoms with Gasteiger partial charge in [-0.3, -0.25) is 0 Å². The molecule has 1 saturated carbocycles. The monoisotopic (exact) mass is 237 g/mol. The van der Waals surface area contributed by atoms with Gasteiger partial charge in [-0.2, -0.15) is 0 Å². The maximum absolute atomic E-state index is 3.73. The summed E-state index contributed by atoms with van der Waals surface area (Å²) in [4.78, 5) is 1.52. The molecule has 1 aromatic rings. The molecule has 1 fully saturated rings. The van der Waals surface area contributed by atoms with Crippen LogP contribution in [0.5, 0.6) is 0 Å². The van der Waals surface area contributed by atoms with Crippen LogP contribution < -0.4 is 5.32 Å². The maximum atomic E-state index is 3.73. The lowest BCUT2D eigenvalue weighted by Crippen LogP contribution is -2.31. The molecule has 1 heterocycles. The van der Waals surface area contributed by atoms with E-state index in [-0.39, 0.29) is 0 Å². The zero-order chi connectivity index (χ0) is 11.4. The molecule has 3 unspecified atom stereocenters. The first-order chi connectivity index (χ1) is 7.74. The lowest BCUT2D eigenvalue weighted by molar-refractivity contribution is 0.440. The van der Waals surface area contributed by atoms with E-state index < -0.39 is 0 Å². The van der Waals surface area contributed by atoms with Crippen molar-refractivity contribution in [1.82, 2.24) is 5.32 Å². The average Bonchev–Trinajstić information content (AvgIpc) is 2.87. The molecule has 0 aromatic carbocycles. The summed E-state index contributed by atoms with van der Waals surface area (Å²) in [6.07, 6.45) is 5.41. The number of rotatable bonds is 5. The minimum absolute atomic E-state index is 0.759. The first-order valence-corrected chi connectivity index (χ1v) is 7.37. The minimum Gasteiger partial charge on any atom is -0.314 e. The van der Waals surface area contributed by atoms with Gasteiger partial charge in [-0.25, -0.2) is 0 Å². The van der Waals surface area contributed by atoms with E-state index in [4.69, 9.17) is 0 Å². The fourth-order valence-corrected chi connectivity index (χ4v) is 3.47. The smallest absolute Gasteiger partial charge is 0.00698 e. The van der Waals surface area contributed by atoms with Crippen molar-refractivity contribution in [2.75, 3.05) is 6.54 Å². The van der Waals surface area contributed by atoms with Crippen molar-refractivity contribution in [3.05, 3.63) is 22.4 Å². The molecule has 1 aliphatic carbocycles. The summed E-state index contributed by atoms with van der Waals surface area (Å²) >= 11 is 1.88. The number of hydrogen-bond acceptors (Lipinski definition) is 2. The normalized spacial score (nSPS) is 27.1. The first kappa shape index (κ1) is 12.1. The van der Waals surface area contributed by atoms with E-state index in [9.17, 15) is 0 Å². The lowest BCUT2D eigenvalue weighted by Gasteiger charge is -2.16. The quantitative estimate of drug-likeness (QED) is 0.823. The first-order valence-electron chi connectivity index (χ1n) is 6.50. The van der Waals surface area contributed by atoms with E-state index in [2.05, 4.69) is 36.7 Å². The Morgan fingerprint density at radius 1 is 1.50 bits per heavy atom. The highest BCUT2D eigenvalue weighted by atomic mass is 32.1. The molecule has 3 atom stereocenters. The molecule has 16 heavy (non-hydrogen) atoms. The topological polar surface area (TPSA) is 12.0 Å². The summed E-state index contributed by atoms with van der Waals surface area (Å²) < 4.78 is 0. The van der Waals surface area contributed by atoms with Gasteiger partial charge in [-0.05, 0) is 55.5 Å². The Hall–Kier alpha value is -0.340. The van der Waals surface area contributed by atoms with Gasteiger partial charge in [0.25, 0.3) is 0 Å². The van der Waals surface area contributed by atoms with Crippen molar-refractivity contribution in [3.8, 4) is 0 Å². The Morgan fingerprint density at radius 2 is 2.38 bits per heavy atom. The van der Waals surface area contributed by atoms with Crippen LogP contribution in [0.2, 0.25) is 0 Å². The second-order valence-electron chi connectivity index (χ2n) is 5.41. The fraction of sp³-hybridized carbons (Fsp3) is 0.714. The van der Waals surface area contributed by atoms with Gasteiger partial charge in [0.1, 0.15) is 0 Å². The van der Waals surface area contributed by atoms with Crippen molar-refractivity contribution < 1.29 is 0 Å². The van der Waals surface area contributed by atoms with E-state index in [0.29, 0.717) is 0 Å². The van der Waals surface area contributed by atoms with Crippen molar-refractivity contribution in [3.63, 3.8) is 0 Å². The molecular weight excluding hydrogens is 214 g/mol. The van der Waals surface area contributed by atoms with Gasteiger partial charge in [-0.15, -0.1) is 11.3 Å². The third kappa shape index (κ3) is 3.60. The molecule has 2 heteroatoms. The van der Waals surface area contributed by atoms with Gasteiger partial charge < -0.3 is 5.32 Å². The Kier molecular flexibility index (Phi) is 4.42. The van der Waals surface area contributed by atoms with Gasteiger partial charge in [0, 0.05) is 10.9 Å². The third-order valence-electron chi connectivity index (χ3n) is 3.58. The van der Waals surface area contributed by atoms with Crippen molar-refractivity contribution >= 4 is 11.3 Å². The average molecular weight is 237 g/mol. The van der Waals surface area contributed by atoms with Crippen LogP contribution in [0.1, 0.15) is 38.0 Å². The van der Waals surface area contributed by atoms with Crippen molar-refractivity contribution in [2.24, 2.45) is 11.8 Å². The highest BCUT2D eigenvalue weighted by Crippen LogP contribution is 2.24. The third-order valence-corrected chi connectivity index (χ3v) is 4.48. The number of thiophene rings is 1. The molecule has 2 rings (SSSR count). The summed E-state index contributed by atoms with van der Waals surface area (Å²) in [7, 11) is 0. The van der Waals surface area contributed by atoms with Crippen LogP contribution in [-0.4, -0.2) is 12.6 Å². The Morgan fingerprint density at radius 3 is 3.00 bits per heavy atom. The van der Waals surface area contributed by atoms with Gasteiger partial charge in [0.05, 0.1) is 0 Å². The van der Waals surface area contributed by atoms with E-state index >= 15 is 0 Å². The minimum atomic E-state index is 0.759. The summed E-state index contributed by atoms with van der Waals surface area (Å²) in [6.45, 7) is 5.90. The molecule has 1 aliphatic rings. The van der Waals surface area contributed by atoms with Gasteiger partial charge in [0.15, 0.2) is 0 Å². The fourth-order valence-electron chi connectivity index (χ4n) is 2.60. The van der Waals surface area contributed by atoms with Crippen LogP contribution >= 0.6 is 11.3 Å². The highest BCUT2D eigenvalue weighted by Gasteiger charge is 2.20. The van der Waals surface area contributed by atoms with E-state index in [1.54, 1.807) is 0 Å². The van der Waals surface area contributed by atoms with Crippen LogP contribution in [0, 0.1) is 11.8 Å². The largest absolute Gasteiger partial charge is 0.314 e. The molecule has 1 aromatic heterocycles. The molecule has 0 saturated heterocycles. The molecular formula is C14H23NS. The SMILES string of the molecule is CC(CNC1CCC(C)C1)Cc1cccs1. The molecule has 0 bridgehead atoms. The van der Waals surface area contributed by atoms with E-state index in [0.717, 1.165) is 17.9 Å². The van der Waals surface area contributed by atoms with Gasteiger partial charge >= 0.3 is 0 Å². The van der Waals surface area contributed by atoms with Crippen LogP contribution in [0.4, 0.5) is 0 Å². The second-order valence-corrected chi connectivity index (χ2v) is 6.44. The van der Waals surface area contributed by atoms with Gasteiger partial charge in [0.2, 0.25) is 0 Å². The summed E-state index contributed by atoms with van der Waals surface area (Å²) in [5.41, 5.74) is 0. The van der Waals surface area contributed by atoms with Crippen LogP contribution in [0.15, 0.2) is 17.5 Å². The molecule has 90 valence electrons. The van der Waals surface area contributed by atoms with Crippen molar-refractivity contribution in [1.29, 1.82) is 0 Å². The van der Waals surface area contributed by atoms with Crippen LogP contribution in [0.3, 0.4) is 0 Å². The maximum Gasteiger partial charge on any atom is 0.00698 e. The summed E-state index contributed by atoms with van der Waals surface area (Å²) in [5.74, 6) is 1.69. The van der Waals surface area contributed by atoms with Crippen LogP contribution in [-0.2, 0) is 6.42 Å². The molecule has 0 aliphatic heterocycles. The zero-order valence-electron chi connectivity index (χ0n) is 10.4. The lowest BCUT2D eigenvalue weighted by atomic mass is 10.1. The van der Waals surface area contributed by atoms with Crippen LogP contribution in [0.25, 0.3) is 0 Å². The second kappa shape index (κ2) is 5.83.